The molecule has 5 unspecified atom stereocenters. The molecule has 0 aromatic heterocycles. The van der Waals surface area contributed by atoms with Crippen LogP contribution in [0.2, 0.25) is 0 Å². The first-order chi connectivity index (χ1) is 9.63. The van der Waals surface area contributed by atoms with Crippen LogP contribution in [0.3, 0.4) is 0 Å². The molecule has 2 rings (SSSR count). The Labute approximate surface area is 128 Å². The van der Waals surface area contributed by atoms with Crippen LogP contribution in [-0.2, 0) is 4.79 Å². The fourth-order valence-corrected chi connectivity index (χ4v) is 4.91. The average molecular weight is 298 g/mol. The molecule has 116 valence electrons. The predicted octanol–water partition coefficient (Wildman–Crippen LogP) is 3.24. The fraction of sp³-hybridized carbons (Fsp3) is 0.938. The molecule has 1 amide bonds. The van der Waals surface area contributed by atoms with Gasteiger partial charge in [0, 0.05) is 11.3 Å². The molecule has 0 spiro atoms. The lowest BCUT2D eigenvalue weighted by Gasteiger charge is -2.33. The van der Waals surface area contributed by atoms with E-state index in [1.165, 1.54) is 19.3 Å². The van der Waals surface area contributed by atoms with Gasteiger partial charge in [-0.3, -0.25) is 10.1 Å². The summed E-state index contributed by atoms with van der Waals surface area (Å²) in [5, 5.41) is 4.25. The molecule has 0 radical (unpaired) electrons. The molecular formula is C16H30N2OS. The lowest BCUT2D eigenvalue weighted by Crippen LogP contribution is -2.47. The van der Waals surface area contributed by atoms with Gasteiger partial charge in [0.1, 0.15) is 0 Å². The van der Waals surface area contributed by atoms with Gasteiger partial charge in [-0.1, -0.05) is 40.5 Å². The van der Waals surface area contributed by atoms with Crippen LogP contribution >= 0.6 is 11.8 Å². The first kappa shape index (κ1) is 16.2. The molecule has 1 saturated heterocycles. The molecule has 0 aromatic carbocycles. The minimum absolute atomic E-state index is 0.0397. The summed E-state index contributed by atoms with van der Waals surface area (Å²) in [4.78, 5) is 15.1. The van der Waals surface area contributed by atoms with Crippen molar-refractivity contribution in [2.24, 2.45) is 5.92 Å². The van der Waals surface area contributed by atoms with E-state index in [9.17, 15) is 4.79 Å². The maximum atomic E-state index is 12.9. The first-order valence-corrected chi connectivity index (χ1v) is 9.38. The minimum Gasteiger partial charge on any atom is -0.322 e. The van der Waals surface area contributed by atoms with E-state index in [0.29, 0.717) is 23.1 Å². The van der Waals surface area contributed by atoms with Crippen molar-refractivity contribution in [2.75, 3.05) is 5.75 Å². The van der Waals surface area contributed by atoms with E-state index >= 15 is 0 Å². The van der Waals surface area contributed by atoms with Crippen LogP contribution in [0.4, 0.5) is 0 Å². The summed E-state index contributed by atoms with van der Waals surface area (Å²) in [6.45, 7) is 8.78. The third-order valence-corrected chi connectivity index (χ3v) is 6.30. The van der Waals surface area contributed by atoms with Crippen LogP contribution in [-0.4, -0.2) is 40.1 Å². The van der Waals surface area contributed by atoms with E-state index in [2.05, 4.69) is 37.9 Å². The molecule has 1 heterocycles. The highest BCUT2D eigenvalue weighted by molar-refractivity contribution is 7.99. The number of carbonyl (C=O) groups excluding carboxylic acids is 1. The SMILES string of the molecule is CCSC1CCCC1N1C(=O)C(C(C)CC)NC1CC. The third-order valence-electron chi connectivity index (χ3n) is 4.98. The number of nitrogens with zero attached hydrogens (tertiary/aromatic N) is 1. The second kappa shape index (κ2) is 7.17. The van der Waals surface area contributed by atoms with Crippen LogP contribution in [0.15, 0.2) is 0 Å². The van der Waals surface area contributed by atoms with Gasteiger partial charge in [0.25, 0.3) is 0 Å². The Kier molecular flexibility index (Phi) is 5.79. The Morgan fingerprint density at radius 2 is 2.10 bits per heavy atom. The normalized spacial score (nSPS) is 35.8. The lowest BCUT2D eigenvalue weighted by molar-refractivity contribution is -0.132. The smallest absolute Gasteiger partial charge is 0.241 e. The van der Waals surface area contributed by atoms with Gasteiger partial charge in [-0.25, -0.2) is 0 Å². The zero-order valence-corrected chi connectivity index (χ0v) is 14.2. The Morgan fingerprint density at radius 3 is 2.70 bits per heavy atom. The summed E-state index contributed by atoms with van der Waals surface area (Å²) in [7, 11) is 0. The van der Waals surface area contributed by atoms with Crippen LogP contribution < -0.4 is 5.32 Å². The van der Waals surface area contributed by atoms with Crippen molar-refractivity contribution >= 4 is 17.7 Å². The average Bonchev–Trinajstić information content (AvgIpc) is 3.02. The Balaban J connectivity index is 2.14. The van der Waals surface area contributed by atoms with E-state index in [4.69, 9.17) is 0 Å². The molecule has 1 aliphatic carbocycles. The van der Waals surface area contributed by atoms with Gasteiger partial charge in [-0.05, 0) is 30.9 Å². The molecule has 3 nitrogen and oxygen atoms in total. The van der Waals surface area contributed by atoms with Crippen LogP contribution in [0.1, 0.15) is 59.8 Å². The molecule has 20 heavy (non-hydrogen) atoms. The summed E-state index contributed by atoms with van der Waals surface area (Å²) in [5.74, 6) is 1.95. The molecule has 1 N–H and O–H groups in total. The number of nitrogens with one attached hydrogen (secondary N) is 1. The van der Waals surface area contributed by atoms with E-state index in [-0.39, 0.29) is 12.2 Å². The predicted molar refractivity (Wildman–Crippen MR) is 86.9 cm³/mol. The number of carbonyl (C=O) groups is 1. The summed E-state index contributed by atoms with van der Waals surface area (Å²) in [6.07, 6.45) is 6.07. The minimum atomic E-state index is 0.0397. The molecular weight excluding hydrogens is 268 g/mol. The van der Waals surface area contributed by atoms with Crippen LogP contribution in [0.25, 0.3) is 0 Å². The number of rotatable bonds is 6. The molecule has 4 heteroatoms. The second-order valence-corrected chi connectivity index (χ2v) is 7.71. The van der Waals surface area contributed by atoms with Crippen LogP contribution in [0.5, 0.6) is 0 Å². The largest absolute Gasteiger partial charge is 0.322 e. The van der Waals surface area contributed by atoms with Crippen molar-refractivity contribution in [2.45, 2.75) is 83.3 Å². The van der Waals surface area contributed by atoms with Gasteiger partial charge < -0.3 is 4.90 Å². The van der Waals surface area contributed by atoms with Gasteiger partial charge in [0.05, 0.1) is 12.2 Å². The Bertz CT molecular complexity index is 336. The standard InChI is InChI=1S/C16H30N2OS/c1-5-11(4)15-16(19)18(14(6-2)17-15)12-9-8-10-13(12)20-7-3/h11-15,17H,5-10H2,1-4H3. The Hall–Kier alpha value is -0.220. The zero-order chi connectivity index (χ0) is 14.7. The summed E-state index contributed by atoms with van der Waals surface area (Å²) >= 11 is 2.04. The number of amides is 1. The van der Waals surface area contributed by atoms with Gasteiger partial charge in [-0.15, -0.1) is 0 Å². The highest BCUT2D eigenvalue weighted by Gasteiger charge is 2.46. The summed E-state index contributed by atoms with van der Waals surface area (Å²) in [5.41, 5.74) is 0. The van der Waals surface area contributed by atoms with Crippen molar-refractivity contribution < 1.29 is 4.79 Å². The maximum absolute atomic E-state index is 12.9. The quantitative estimate of drug-likeness (QED) is 0.817. The third kappa shape index (κ3) is 3.01. The van der Waals surface area contributed by atoms with Crippen molar-refractivity contribution in [1.29, 1.82) is 0 Å². The van der Waals surface area contributed by atoms with Gasteiger partial charge in [0.15, 0.2) is 0 Å². The molecule has 1 aliphatic heterocycles. The summed E-state index contributed by atoms with van der Waals surface area (Å²) in [6, 6.07) is 0.497. The van der Waals surface area contributed by atoms with Crippen molar-refractivity contribution in [1.82, 2.24) is 10.2 Å². The number of hydrogen-bond acceptors (Lipinski definition) is 3. The molecule has 2 aliphatic rings. The first-order valence-electron chi connectivity index (χ1n) is 8.33. The highest BCUT2D eigenvalue weighted by Crippen LogP contribution is 2.37. The Morgan fingerprint density at radius 1 is 1.35 bits per heavy atom. The molecule has 0 aromatic rings. The van der Waals surface area contributed by atoms with E-state index in [1.54, 1.807) is 0 Å². The van der Waals surface area contributed by atoms with Gasteiger partial charge in [-0.2, -0.15) is 11.8 Å². The number of thioether (sulfide) groups is 1. The lowest BCUT2D eigenvalue weighted by atomic mass is 9.99. The van der Waals surface area contributed by atoms with E-state index in [1.807, 2.05) is 11.8 Å². The molecule has 0 bridgehead atoms. The van der Waals surface area contributed by atoms with Gasteiger partial charge >= 0.3 is 0 Å². The second-order valence-electron chi connectivity index (χ2n) is 6.19. The number of hydrogen-bond donors (Lipinski definition) is 1. The fourth-order valence-electron chi connectivity index (χ4n) is 3.66. The monoisotopic (exact) mass is 298 g/mol. The van der Waals surface area contributed by atoms with E-state index in [0.717, 1.165) is 18.6 Å². The topological polar surface area (TPSA) is 32.3 Å². The molecule has 5 atom stereocenters. The highest BCUT2D eigenvalue weighted by atomic mass is 32.2. The van der Waals surface area contributed by atoms with E-state index < -0.39 is 0 Å². The zero-order valence-electron chi connectivity index (χ0n) is 13.4. The van der Waals surface area contributed by atoms with Crippen molar-refractivity contribution in [3.8, 4) is 0 Å². The van der Waals surface area contributed by atoms with Crippen molar-refractivity contribution in [3.05, 3.63) is 0 Å². The van der Waals surface area contributed by atoms with Crippen molar-refractivity contribution in [3.63, 3.8) is 0 Å². The summed E-state index contributed by atoms with van der Waals surface area (Å²) < 4.78 is 0. The maximum Gasteiger partial charge on any atom is 0.241 e. The molecule has 2 fully saturated rings. The van der Waals surface area contributed by atoms with Gasteiger partial charge in [0.2, 0.25) is 5.91 Å². The molecule has 1 saturated carbocycles. The van der Waals surface area contributed by atoms with Crippen LogP contribution in [0, 0.1) is 5.92 Å².